The molecular formula is C21H22N2O3S2. The molecule has 5 nitrogen and oxygen atoms in total. The third-order valence-corrected chi connectivity index (χ3v) is 6.72. The number of ether oxygens (including phenoxy) is 1. The molecule has 0 radical (unpaired) electrons. The molecule has 2 aromatic heterocycles. The first-order valence-electron chi connectivity index (χ1n) is 8.84. The van der Waals surface area contributed by atoms with E-state index in [2.05, 4.69) is 10.3 Å². The van der Waals surface area contributed by atoms with E-state index in [4.69, 9.17) is 4.74 Å². The number of hydrogen-bond donors (Lipinski definition) is 1. The highest BCUT2D eigenvalue weighted by atomic mass is 32.2. The highest BCUT2D eigenvalue weighted by Crippen LogP contribution is 2.34. The molecule has 146 valence electrons. The van der Waals surface area contributed by atoms with E-state index in [1.165, 1.54) is 30.2 Å². The number of nitrogens with one attached hydrogen (secondary N) is 1. The van der Waals surface area contributed by atoms with Gasteiger partial charge in [0.15, 0.2) is 0 Å². The van der Waals surface area contributed by atoms with E-state index < -0.39 is 5.97 Å². The number of thiophene rings is 1. The van der Waals surface area contributed by atoms with Crippen molar-refractivity contribution in [2.45, 2.75) is 38.0 Å². The molecule has 3 rings (SSSR count). The lowest BCUT2D eigenvalue weighted by molar-refractivity contribution is -0.115. The molecule has 7 heteroatoms. The molecule has 2 heterocycles. The predicted molar refractivity (Wildman–Crippen MR) is 116 cm³/mol. The Morgan fingerprint density at radius 2 is 1.93 bits per heavy atom. The summed E-state index contributed by atoms with van der Waals surface area (Å²) in [6.45, 7) is 7.64. The number of rotatable bonds is 5. The Kier molecular flexibility index (Phi) is 6.05. The third-order valence-electron chi connectivity index (χ3n) is 4.58. The van der Waals surface area contributed by atoms with Gasteiger partial charge < -0.3 is 10.1 Å². The van der Waals surface area contributed by atoms with E-state index in [0.29, 0.717) is 10.6 Å². The van der Waals surface area contributed by atoms with Crippen molar-refractivity contribution in [3.63, 3.8) is 0 Å². The number of nitrogens with zero attached hydrogens (tertiary/aromatic N) is 1. The molecule has 1 amide bonds. The average molecular weight is 415 g/mol. The van der Waals surface area contributed by atoms with Crippen LogP contribution in [0.25, 0.3) is 10.9 Å². The van der Waals surface area contributed by atoms with Crippen LogP contribution in [0.2, 0.25) is 0 Å². The van der Waals surface area contributed by atoms with E-state index in [-0.39, 0.29) is 11.2 Å². The second-order valence-electron chi connectivity index (χ2n) is 6.52. The number of methoxy groups -OCH3 is 1. The van der Waals surface area contributed by atoms with Gasteiger partial charge in [-0.05, 0) is 51.0 Å². The summed E-state index contributed by atoms with van der Waals surface area (Å²) in [6.07, 6.45) is 0. The molecule has 0 bridgehead atoms. The van der Waals surface area contributed by atoms with E-state index >= 15 is 0 Å². The minimum Gasteiger partial charge on any atom is -0.465 e. The van der Waals surface area contributed by atoms with Crippen molar-refractivity contribution in [3.8, 4) is 0 Å². The van der Waals surface area contributed by atoms with Crippen molar-refractivity contribution in [1.82, 2.24) is 4.98 Å². The van der Waals surface area contributed by atoms with Crippen LogP contribution in [0.3, 0.4) is 0 Å². The number of pyridine rings is 1. The minimum atomic E-state index is -0.440. The molecule has 1 aromatic carbocycles. The van der Waals surface area contributed by atoms with Crippen molar-refractivity contribution in [3.05, 3.63) is 51.9 Å². The van der Waals surface area contributed by atoms with Gasteiger partial charge in [-0.3, -0.25) is 4.79 Å². The molecule has 0 fully saturated rings. The van der Waals surface area contributed by atoms with Crippen molar-refractivity contribution in [2.75, 3.05) is 12.4 Å². The van der Waals surface area contributed by atoms with Gasteiger partial charge in [-0.15, -0.1) is 11.3 Å². The Hall–Kier alpha value is -2.38. The Morgan fingerprint density at radius 1 is 1.21 bits per heavy atom. The van der Waals surface area contributed by atoms with Crippen molar-refractivity contribution in [1.29, 1.82) is 0 Å². The van der Waals surface area contributed by atoms with Gasteiger partial charge in [-0.25, -0.2) is 9.78 Å². The number of aryl methyl sites for hydroxylation is 2. The maximum atomic E-state index is 12.7. The Bertz CT molecular complexity index is 1060. The molecule has 0 aliphatic rings. The predicted octanol–water partition coefficient (Wildman–Crippen LogP) is 5.13. The lowest BCUT2D eigenvalue weighted by Crippen LogP contribution is -2.23. The van der Waals surface area contributed by atoms with Gasteiger partial charge in [0.25, 0.3) is 0 Å². The normalized spacial score (nSPS) is 12.0. The quantitative estimate of drug-likeness (QED) is 0.463. The van der Waals surface area contributed by atoms with Crippen LogP contribution >= 0.6 is 23.1 Å². The lowest BCUT2D eigenvalue weighted by atomic mass is 10.1. The maximum Gasteiger partial charge on any atom is 0.341 e. The number of carbonyl (C=O) groups excluding carboxylic acids is 2. The first-order valence-corrected chi connectivity index (χ1v) is 10.5. The number of hydrogen-bond acceptors (Lipinski definition) is 6. The van der Waals surface area contributed by atoms with Crippen LogP contribution in [0.5, 0.6) is 0 Å². The molecule has 28 heavy (non-hydrogen) atoms. The molecule has 0 aliphatic carbocycles. The number of thioether (sulfide) groups is 1. The highest BCUT2D eigenvalue weighted by molar-refractivity contribution is 8.00. The lowest BCUT2D eigenvalue weighted by Gasteiger charge is -2.13. The van der Waals surface area contributed by atoms with Crippen LogP contribution < -0.4 is 5.32 Å². The molecule has 0 saturated heterocycles. The molecule has 0 aliphatic heterocycles. The second-order valence-corrected chi connectivity index (χ2v) is 9.11. The summed E-state index contributed by atoms with van der Waals surface area (Å²) in [5, 5.41) is 4.95. The van der Waals surface area contributed by atoms with Gasteiger partial charge in [-0.1, -0.05) is 30.0 Å². The summed E-state index contributed by atoms with van der Waals surface area (Å²) in [4.78, 5) is 30.5. The minimum absolute atomic E-state index is 0.177. The Morgan fingerprint density at radius 3 is 2.64 bits per heavy atom. The molecular weight excluding hydrogens is 392 g/mol. The number of aromatic nitrogens is 1. The summed E-state index contributed by atoms with van der Waals surface area (Å²) in [5.41, 5.74) is 3.29. The maximum absolute atomic E-state index is 12.7. The van der Waals surface area contributed by atoms with E-state index in [1.807, 2.05) is 58.0 Å². The van der Waals surface area contributed by atoms with Crippen molar-refractivity contribution >= 4 is 50.9 Å². The topological polar surface area (TPSA) is 68.3 Å². The number of carbonyl (C=O) groups is 2. The van der Waals surface area contributed by atoms with E-state index in [9.17, 15) is 9.59 Å². The van der Waals surface area contributed by atoms with Crippen LogP contribution in [-0.4, -0.2) is 29.2 Å². The summed E-state index contributed by atoms with van der Waals surface area (Å²) < 4.78 is 4.86. The third kappa shape index (κ3) is 4.05. The van der Waals surface area contributed by atoms with Gasteiger partial charge in [0.05, 0.1) is 28.5 Å². The van der Waals surface area contributed by atoms with Gasteiger partial charge in [0.2, 0.25) is 5.91 Å². The smallest absolute Gasteiger partial charge is 0.341 e. The van der Waals surface area contributed by atoms with Gasteiger partial charge in [0.1, 0.15) is 5.00 Å². The number of anilines is 1. The van der Waals surface area contributed by atoms with Crippen LogP contribution in [-0.2, 0) is 9.53 Å². The Labute approximate surface area is 172 Å². The monoisotopic (exact) mass is 414 g/mol. The van der Waals surface area contributed by atoms with Crippen LogP contribution in [0.15, 0.2) is 35.4 Å². The number of fused-ring (bicyclic) bond motifs is 1. The van der Waals surface area contributed by atoms with Gasteiger partial charge in [-0.2, -0.15) is 0 Å². The van der Waals surface area contributed by atoms with Gasteiger partial charge in [0, 0.05) is 10.3 Å². The Balaban J connectivity index is 1.79. The number of benzene rings is 1. The second kappa shape index (κ2) is 8.32. The molecule has 0 saturated carbocycles. The van der Waals surface area contributed by atoms with Crippen LogP contribution in [0, 0.1) is 20.8 Å². The first-order chi connectivity index (χ1) is 13.3. The standard InChI is InChI=1S/C21H22N2O3S2/c1-11-10-17(22-16-9-7-6-8-15(11)16)27-14(4)19(24)23-20-18(21(25)26-5)12(2)13(3)28-20/h6-10,14H,1-5H3,(H,23,24). The SMILES string of the molecule is COC(=O)c1c(NC(=O)C(C)Sc2cc(C)c3ccccc3n2)sc(C)c1C. The van der Waals surface area contributed by atoms with Crippen molar-refractivity contribution < 1.29 is 14.3 Å². The number of para-hydroxylation sites is 1. The van der Waals surface area contributed by atoms with Crippen LogP contribution in [0.4, 0.5) is 5.00 Å². The summed E-state index contributed by atoms with van der Waals surface area (Å²) in [7, 11) is 1.34. The van der Waals surface area contributed by atoms with Gasteiger partial charge >= 0.3 is 5.97 Å². The van der Waals surface area contributed by atoms with Crippen LogP contribution in [0.1, 0.15) is 33.3 Å². The zero-order chi connectivity index (χ0) is 20.4. The zero-order valence-corrected chi connectivity index (χ0v) is 18.1. The summed E-state index contributed by atoms with van der Waals surface area (Å²) in [6, 6.07) is 9.95. The zero-order valence-electron chi connectivity index (χ0n) is 16.5. The van der Waals surface area contributed by atoms with E-state index in [1.54, 1.807) is 0 Å². The summed E-state index contributed by atoms with van der Waals surface area (Å²) >= 11 is 2.78. The van der Waals surface area contributed by atoms with Crippen molar-refractivity contribution in [2.24, 2.45) is 0 Å². The highest BCUT2D eigenvalue weighted by Gasteiger charge is 2.24. The number of amides is 1. The molecule has 3 aromatic rings. The number of esters is 1. The molecule has 1 N–H and O–H groups in total. The summed E-state index contributed by atoms with van der Waals surface area (Å²) in [5.74, 6) is -0.617. The molecule has 1 unspecified atom stereocenters. The fourth-order valence-corrected chi connectivity index (χ4v) is 4.87. The fourth-order valence-electron chi connectivity index (χ4n) is 2.89. The van der Waals surface area contributed by atoms with E-state index in [0.717, 1.165) is 31.9 Å². The average Bonchev–Trinajstić information content (AvgIpc) is 2.94. The largest absolute Gasteiger partial charge is 0.465 e. The molecule has 1 atom stereocenters. The first kappa shape index (κ1) is 20.4. The molecule has 0 spiro atoms. The fraction of sp³-hybridized carbons (Fsp3) is 0.286.